The molecule has 0 radical (unpaired) electrons. The van der Waals surface area contributed by atoms with Crippen molar-refractivity contribution in [2.24, 2.45) is 0 Å². The van der Waals surface area contributed by atoms with Gasteiger partial charge in [0, 0.05) is 18.1 Å². The van der Waals surface area contributed by atoms with Gasteiger partial charge in [-0.2, -0.15) is 4.31 Å². The molecular formula is C26H27ClN2O5S. The first-order valence-corrected chi connectivity index (χ1v) is 13.3. The van der Waals surface area contributed by atoms with E-state index in [1.165, 1.54) is 12.1 Å². The Morgan fingerprint density at radius 3 is 2.26 bits per heavy atom. The SMILES string of the molecule is O=C(COc1ccc(S(=O)(=O)N2CCCCCC2)cc1)Nc1cc(Cl)ccc1Oc1ccccc1. The van der Waals surface area contributed by atoms with Crippen LogP contribution in [0, 0.1) is 0 Å². The first kappa shape index (κ1) is 25.0. The highest BCUT2D eigenvalue weighted by molar-refractivity contribution is 7.89. The number of rotatable bonds is 8. The molecule has 1 aliphatic heterocycles. The number of hydrogen-bond acceptors (Lipinski definition) is 5. The van der Waals surface area contributed by atoms with E-state index in [0.717, 1.165) is 25.7 Å². The fourth-order valence-electron chi connectivity index (χ4n) is 3.78. The van der Waals surface area contributed by atoms with E-state index in [-0.39, 0.29) is 11.5 Å². The number of nitrogens with one attached hydrogen (secondary N) is 1. The van der Waals surface area contributed by atoms with E-state index in [0.29, 0.717) is 41.0 Å². The normalized spacial score (nSPS) is 14.7. The van der Waals surface area contributed by atoms with Crippen LogP contribution in [0.5, 0.6) is 17.2 Å². The third-order valence-electron chi connectivity index (χ3n) is 5.58. The Morgan fingerprint density at radius 1 is 0.886 bits per heavy atom. The second-order valence-corrected chi connectivity index (χ2v) is 10.6. The molecule has 0 atom stereocenters. The molecule has 3 aromatic carbocycles. The molecule has 1 amide bonds. The van der Waals surface area contributed by atoms with Crippen molar-refractivity contribution in [3.63, 3.8) is 0 Å². The molecule has 1 heterocycles. The number of halogens is 1. The lowest BCUT2D eigenvalue weighted by Gasteiger charge is -2.20. The van der Waals surface area contributed by atoms with Gasteiger partial charge in [0.1, 0.15) is 11.5 Å². The van der Waals surface area contributed by atoms with Crippen LogP contribution in [0.4, 0.5) is 5.69 Å². The molecule has 0 bridgehead atoms. The first-order valence-electron chi connectivity index (χ1n) is 11.5. The average molecular weight is 515 g/mol. The molecule has 0 unspecified atom stereocenters. The highest BCUT2D eigenvalue weighted by Gasteiger charge is 2.25. The van der Waals surface area contributed by atoms with E-state index in [2.05, 4.69) is 5.32 Å². The number of anilines is 1. The summed E-state index contributed by atoms with van der Waals surface area (Å²) >= 11 is 6.10. The van der Waals surface area contributed by atoms with Gasteiger partial charge in [0.15, 0.2) is 12.4 Å². The number of ether oxygens (including phenoxy) is 2. The van der Waals surface area contributed by atoms with Gasteiger partial charge in [-0.1, -0.05) is 42.6 Å². The molecule has 1 aliphatic rings. The minimum atomic E-state index is -3.54. The van der Waals surface area contributed by atoms with Gasteiger partial charge in [0.05, 0.1) is 10.6 Å². The summed E-state index contributed by atoms with van der Waals surface area (Å²) in [6, 6.07) is 20.3. The lowest BCUT2D eigenvalue weighted by Crippen LogP contribution is -2.31. The van der Waals surface area contributed by atoms with Gasteiger partial charge in [-0.3, -0.25) is 4.79 Å². The monoisotopic (exact) mass is 514 g/mol. The van der Waals surface area contributed by atoms with Gasteiger partial charge in [-0.05, 0) is 67.4 Å². The lowest BCUT2D eigenvalue weighted by atomic mass is 10.2. The molecule has 3 aromatic rings. The molecule has 7 nitrogen and oxygen atoms in total. The Kier molecular flexibility index (Phi) is 8.28. The number of nitrogens with zero attached hydrogens (tertiary/aromatic N) is 1. The highest BCUT2D eigenvalue weighted by atomic mass is 35.5. The van der Waals surface area contributed by atoms with Gasteiger partial charge < -0.3 is 14.8 Å². The van der Waals surface area contributed by atoms with Crippen molar-refractivity contribution in [1.29, 1.82) is 0 Å². The molecular weight excluding hydrogens is 488 g/mol. The van der Waals surface area contributed by atoms with Gasteiger partial charge in [0.25, 0.3) is 5.91 Å². The summed E-state index contributed by atoms with van der Waals surface area (Å²) in [6.07, 6.45) is 3.85. The molecule has 1 fully saturated rings. The largest absolute Gasteiger partial charge is 0.484 e. The zero-order valence-corrected chi connectivity index (χ0v) is 20.7. The molecule has 0 spiro atoms. The summed E-state index contributed by atoms with van der Waals surface area (Å²) in [4.78, 5) is 12.7. The van der Waals surface area contributed by atoms with Crippen LogP contribution in [0.25, 0.3) is 0 Å². The molecule has 35 heavy (non-hydrogen) atoms. The van der Waals surface area contributed by atoms with Crippen LogP contribution in [0.15, 0.2) is 77.7 Å². The molecule has 1 saturated heterocycles. The summed E-state index contributed by atoms with van der Waals surface area (Å²) in [5, 5.41) is 3.20. The summed E-state index contributed by atoms with van der Waals surface area (Å²) in [5.74, 6) is 1.04. The molecule has 0 aromatic heterocycles. The van der Waals surface area contributed by atoms with Crippen LogP contribution < -0.4 is 14.8 Å². The number of sulfonamides is 1. The van der Waals surface area contributed by atoms with Gasteiger partial charge >= 0.3 is 0 Å². The summed E-state index contributed by atoms with van der Waals surface area (Å²) < 4.78 is 38.8. The third kappa shape index (κ3) is 6.75. The zero-order chi connectivity index (χ0) is 24.7. The van der Waals surface area contributed by atoms with Crippen LogP contribution in [-0.4, -0.2) is 38.3 Å². The predicted octanol–water partition coefficient (Wildman–Crippen LogP) is 5.71. The summed E-state index contributed by atoms with van der Waals surface area (Å²) in [7, 11) is -3.54. The fraction of sp³-hybridized carbons (Fsp3) is 0.269. The van der Waals surface area contributed by atoms with Gasteiger partial charge in [-0.15, -0.1) is 0 Å². The minimum Gasteiger partial charge on any atom is -0.484 e. The van der Waals surface area contributed by atoms with E-state index in [1.54, 1.807) is 46.8 Å². The number of hydrogen-bond donors (Lipinski definition) is 1. The maximum absolute atomic E-state index is 12.9. The minimum absolute atomic E-state index is 0.220. The van der Waals surface area contributed by atoms with Crippen LogP contribution >= 0.6 is 11.6 Å². The Labute approximate surface area is 210 Å². The van der Waals surface area contributed by atoms with E-state index < -0.39 is 15.9 Å². The van der Waals surface area contributed by atoms with E-state index >= 15 is 0 Å². The molecule has 0 aliphatic carbocycles. The second kappa shape index (κ2) is 11.6. The Balaban J connectivity index is 1.36. The van der Waals surface area contributed by atoms with Crippen LogP contribution in [-0.2, 0) is 14.8 Å². The van der Waals surface area contributed by atoms with E-state index in [4.69, 9.17) is 21.1 Å². The standard InChI is InChI=1S/C26H27ClN2O5S/c27-20-10-15-25(34-22-8-4-3-5-9-22)24(18-20)28-26(30)19-33-21-11-13-23(14-12-21)35(31,32)29-16-6-1-2-7-17-29/h3-5,8-15,18H,1-2,6-7,16-17,19H2,(H,28,30). The van der Waals surface area contributed by atoms with Gasteiger partial charge in [0.2, 0.25) is 10.0 Å². The Bertz CT molecular complexity index is 1240. The number of amides is 1. The van der Waals surface area contributed by atoms with Gasteiger partial charge in [-0.25, -0.2) is 8.42 Å². The third-order valence-corrected chi connectivity index (χ3v) is 7.73. The maximum Gasteiger partial charge on any atom is 0.262 e. The Hall–Kier alpha value is -3.07. The van der Waals surface area contributed by atoms with Crippen LogP contribution in [0.3, 0.4) is 0 Å². The highest BCUT2D eigenvalue weighted by Crippen LogP contribution is 2.32. The molecule has 184 valence electrons. The van der Waals surface area contributed by atoms with Crippen molar-refractivity contribution < 1.29 is 22.7 Å². The summed E-state index contributed by atoms with van der Waals surface area (Å²) in [5.41, 5.74) is 0.411. The van der Waals surface area contributed by atoms with E-state index in [9.17, 15) is 13.2 Å². The topological polar surface area (TPSA) is 84.9 Å². The molecule has 0 saturated carbocycles. The smallest absolute Gasteiger partial charge is 0.262 e. The second-order valence-electron chi connectivity index (χ2n) is 8.18. The zero-order valence-electron chi connectivity index (χ0n) is 19.2. The maximum atomic E-state index is 12.9. The van der Waals surface area contributed by atoms with Crippen molar-refractivity contribution in [2.45, 2.75) is 30.6 Å². The average Bonchev–Trinajstić information content (AvgIpc) is 3.16. The molecule has 1 N–H and O–H groups in total. The quantitative estimate of drug-likeness (QED) is 0.416. The fourth-order valence-corrected chi connectivity index (χ4v) is 5.47. The Morgan fingerprint density at radius 2 is 1.57 bits per heavy atom. The number of para-hydroxylation sites is 1. The number of benzene rings is 3. The molecule has 9 heteroatoms. The van der Waals surface area contributed by atoms with Crippen molar-refractivity contribution in [3.8, 4) is 17.2 Å². The van der Waals surface area contributed by atoms with Crippen LogP contribution in [0.2, 0.25) is 5.02 Å². The number of carbonyl (C=O) groups excluding carboxylic acids is 1. The van der Waals surface area contributed by atoms with Crippen molar-refractivity contribution in [1.82, 2.24) is 4.31 Å². The van der Waals surface area contributed by atoms with E-state index in [1.807, 2.05) is 18.2 Å². The van der Waals surface area contributed by atoms with Crippen molar-refractivity contribution in [2.75, 3.05) is 25.0 Å². The predicted molar refractivity (Wildman–Crippen MR) is 136 cm³/mol. The number of carbonyl (C=O) groups is 1. The summed E-state index contributed by atoms with van der Waals surface area (Å²) in [6.45, 7) is 0.815. The lowest BCUT2D eigenvalue weighted by molar-refractivity contribution is -0.118. The van der Waals surface area contributed by atoms with Crippen LogP contribution in [0.1, 0.15) is 25.7 Å². The van der Waals surface area contributed by atoms with Crippen molar-refractivity contribution >= 4 is 33.2 Å². The first-order chi connectivity index (χ1) is 16.9. The molecule has 4 rings (SSSR count). The van der Waals surface area contributed by atoms with Crippen molar-refractivity contribution in [3.05, 3.63) is 77.8 Å².